The molecule has 0 saturated heterocycles. The lowest BCUT2D eigenvalue weighted by molar-refractivity contribution is 0.467. The second-order valence-electron chi connectivity index (χ2n) is 5.14. The van der Waals surface area contributed by atoms with Crippen molar-refractivity contribution in [3.63, 3.8) is 0 Å². The van der Waals surface area contributed by atoms with Crippen molar-refractivity contribution in [2.24, 2.45) is 0 Å². The zero-order valence-electron chi connectivity index (χ0n) is 13.0. The van der Waals surface area contributed by atoms with Gasteiger partial charge in [-0.25, -0.2) is 0 Å². The van der Waals surface area contributed by atoms with Gasteiger partial charge in [0.15, 0.2) is 11.5 Å². The van der Waals surface area contributed by atoms with E-state index in [2.05, 4.69) is 9.97 Å². The summed E-state index contributed by atoms with van der Waals surface area (Å²) in [7, 11) is 0. The molecule has 0 aliphatic carbocycles. The summed E-state index contributed by atoms with van der Waals surface area (Å²) in [5, 5.41) is 19.8. The Morgan fingerprint density at radius 1 is 0.640 bits per heavy atom. The Kier molecular flexibility index (Phi) is 5.21. The highest BCUT2D eigenvalue weighted by atomic mass is 16.3. The second kappa shape index (κ2) is 7.33. The van der Waals surface area contributed by atoms with Gasteiger partial charge >= 0.3 is 0 Å². The average Bonchev–Trinajstić information content (AvgIpc) is 2.57. The van der Waals surface area contributed by atoms with Crippen molar-refractivity contribution >= 4 is 21.8 Å². The molecule has 0 saturated carbocycles. The summed E-state index contributed by atoms with van der Waals surface area (Å²) < 4.78 is 0. The fourth-order valence-electron chi connectivity index (χ4n) is 2.27. The standard InChI is InChI=1S/2C9H7NO2.H2O/c2*11-8-5-6-3-1-2-4-7(6)10-9(8)12;/h2*1-5,11H,(H,10,12);1H2. The number of hydrogen-bond donors (Lipinski definition) is 4. The van der Waals surface area contributed by atoms with E-state index in [0.29, 0.717) is 0 Å². The van der Waals surface area contributed by atoms with Crippen molar-refractivity contribution < 1.29 is 15.7 Å². The summed E-state index contributed by atoms with van der Waals surface area (Å²) >= 11 is 0. The van der Waals surface area contributed by atoms with Gasteiger partial charge < -0.3 is 25.7 Å². The monoisotopic (exact) mass is 340 g/mol. The van der Waals surface area contributed by atoms with E-state index in [1.807, 2.05) is 36.4 Å². The quantitative estimate of drug-likeness (QED) is 0.386. The van der Waals surface area contributed by atoms with Gasteiger partial charge in [-0.3, -0.25) is 9.59 Å². The number of fused-ring (bicyclic) bond motifs is 2. The molecule has 0 radical (unpaired) electrons. The first-order valence-electron chi connectivity index (χ1n) is 7.16. The summed E-state index contributed by atoms with van der Waals surface area (Å²) in [5.74, 6) is -0.484. The minimum absolute atomic E-state index is 0. The van der Waals surface area contributed by atoms with Crippen LogP contribution in [0.25, 0.3) is 21.8 Å². The third-order valence-corrected chi connectivity index (χ3v) is 3.47. The Morgan fingerprint density at radius 2 is 1.00 bits per heavy atom. The largest absolute Gasteiger partial charge is 0.503 e. The van der Waals surface area contributed by atoms with Gasteiger partial charge in [0.25, 0.3) is 11.1 Å². The Balaban J connectivity index is 0.000000173. The fraction of sp³-hybridized carbons (Fsp3) is 0. The molecule has 4 rings (SSSR count). The van der Waals surface area contributed by atoms with Crippen LogP contribution in [0.2, 0.25) is 0 Å². The molecular formula is C18H16N2O5. The zero-order chi connectivity index (χ0) is 17.1. The average molecular weight is 340 g/mol. The van der Waals surface area contributed by atoms with Crippen LogP contribution in [0, 0.1) is 0 Å². The van der Waals surface area contributed by atoms with Crippen molar-refractivity contribution in [2.75, 3.05) is 0 Å². The summed E-state index contributed by atoms with van der Waals surface area (Å²) in [6, 6.07) is 17.5. The molecule has 6 N–H and O–H groups in total. The van der Waals surface area contributed by atoms with E-state index >= 15 is 0 Å². The Morgan fingerprint density at radius 3 is 1.40 bits per heavy atom. The van der Waals surface area contributed by atoms with E-state index in [-0.39, 0.29) is 17.0 Å². The van der Waals surface area contributed by atoms with Gasteiger partial charge in [0, 0.05) is 21.8 Å². The van der Waals surface area contributed by atoms with Crippen LogP contribution in [-0.2, 0) is 0 Å². The SMILES string of the molecule is O.O=c1[nH]c2ccccc2cc1O.O=c1[nH]c2ccccc2cc1O. The molecule has 0 aliphatic heterocycles. The van der Waals surface area contributed by atoms with Crippen molar-refractivity contribution in [3.05, 3.63) is 81.4 Å². The molecule has 0 bridgehead atoms. The van der Waals surface area contributed by atoms with Gasteiger partial charge in [-0.05, 0) is 24.3 Å². The lowest BCUT2D eigenvalue weighted by atomic mass is 10.2. The zero-order valence-corrected chi connectivity index (χ0v) is 13.0. The smallest absolute Gasteiger partial charge is 0.290 e. The third-order valence-electron chi connectivity index (χ3n) is 3.47. The lowest BCUT2D eigenvalue weighted by Crippen LogP contribution is -2.03. The number of benzene rings is 2. The number of aromatic nitrogens is 2. The molecule has 0 amide bonds. The topological polar surface area (TPSA) is 138 Å². The molecule has 0 unspecified atom stereocenters. The molecule has 25 heavy (non-hydrogen) atoms. The minimum Gasteiger partial charge on any atom is -0.503 e. The highest BCUT2D eigenvalue weighted by molar-refractivity contribution is 5.79. The molecule has 0 spiro atoms. The molecule has 2 heterocycles. The van der Waals surface area contributed by atoms with Crippen LogP contribution < -0.4 is 11.1 Å². The van der Waals surface area contributed by atoms with Gasteiger partial charge in [-0.15, -0.1) is 0 Å². The fourth-order valence-corrected chi connectivity index (χ4v) is 2.27. The predicted octanol–water partition coefficient (Wildman–Crippen LogP) is 1.64. The number of nitrogens with one attached hydrogen (secondary N) is 2. The number of hydrogen-bond acceptors (Lipinski definition) is 4. The summed E-state index contributed by atoms with van der Waals surface area (Å²) in [5.41, 5.74) is 0.572. The molecule has 2 aromatic carbocycles. The van der Waals surface area contributed by atoms with Gasteiger partial charge in [0.2, 0.25) is 0 Å². The Labute approximate surface area is 141 Å². The van der Waals surface area contributed by atoms with Gasteiger partial charge in [0.05, 0.1) is 0 Å². The maximum absolute atomic E-state index is 10.9. The predicted molar refractivity (Wildman–Crippen MR) is 96.1 cm³/mol. The van der Waals surface area contributed by atoms with Crippen LogP contribution in [0.5, 0.6) is 11.5 Å². The van der Waals surface area contributed by atoms with Crippen LogP contribution in [0.3, 0.4) is 0 Å². The van der Waals surface area contributed by atoms with Crippen LogP contribution in [0.4, 0.5) is 0 Å². The van der Waals surface area contributed by atoms with Gasteiger partial charge in [0.1, 0.15) is 0 Å². The summed E-state index contributed by atoms with van der Waals surface area (Å²) in [6.07, 6.45) is 0. The summed E-state index contributed by atoms with van der Waals surface area (Å²) in [4.78, 5) is 27.0. The van der Waals surface area contributed by atoms with E-state index in [0.717, 1.165) is 21.8 Å². The Hall–Kier alpha value is -3.58. The number of aromatic amines is 2. The van der Waals surface area contributed by atoms with Gasteiger partial charge in [-0.2, -0.15) is 0 Å². The van der Waals surface area contributed by atoms with Crippen LogP contribution in [-0.4, -0.2) is 25.7 Å². The molecule has 0 aliphatic rings. The number of para-hydroxylation sites is 2. The number of H-pyrrole nitrogens is 2. The van der Waals surface area contributed by atoms with Crippen molar-refractivity contribution in [1.29, 1.82) is 0 Å². The maximum Gasteiger partial charge on any atom is 0.290 e. The molecular weight excluding hydrogens is 324 g/mol. The molecule has 0 fully saturated rings. The normalized spacial score (nSPS) is 9.92. The number of rotatable bonds is 0. The molecule has 128 valence electrons. The highest BCUT2D eigenvalue weighted by Crippen LogP contribution is 2.13. The first kappa shape index (κ1) is 17.8. The molecule has 7 nitrogen and oxygen atoms in total. The van der Waals surface area contributed by atoms with E-state index in [1.165, 1.54) is 12.1 Å². The lowest BCUT2D eigenvalue weighted by Gasteiger charge is -1.96. The second-order valence-corrected chi connectivity index (χ2v) is 5.14. The summed E-state index contributed by atoms with van der Waals surface area (Å²) in [6.45, 7) is 0. The van der Waals surface area contributed by atoms with Crippen molar-refractivity contribution in [3.8, 4) is 11.5 Å². The van der Waals surface area contributed by atoms with Gasteiger partial charge in [-0.1, -0.05) is 36.4 Å². The molecule has 2 aromatic heterocycles. The van der Waals surface area contributed by atoms with Crippen molar-refractivity contribution in [2.45, 2.75) is 0 Å². The first-order valence-corrected chi connectivity index (χ1v) is 7.16. The third kappa shape index (κ3) is 3.85. The number of pyridine rings is 2. The van der Waals surface area contributed by atoms with Crippen molar-refractivity contribution in [1.82, 2.24) is 9.97 Å². The number of aromatic hydroxyl groups is 2. The minimum atomic E-state index is -0.450. The molecule has 4 aromatic rings. The van der Waals surface area contributed by atoms with Crippen LogP contribution >= 0.6 is 0 Å². The Bertz CT molecular complexity index is 1040. The maximum atomic E-state index is 10.9. The van der Waals surface area contributed by atoms with E-state index in [4.69, 9.17) is 10.2 Å². The van der Waals surface area contributed by atoms with E-state index in [9.17, 15) is 9.59 Å². The highest BCUT2D eigenvalue weighted by Gasteiger charge is 1.98. The molecule has 0 atom stereocenters. The van der Waals surface area contributed by atoms with Crippen LogP contribution in [0.15, 0.2) is 70.3 Å². The van der Waals surface area contributed by atoms with E-state index in [1.54, 1.807) is 12.1 Å². The molecule has 7 heteroatoms. The van der Waals surface area contributed by atoms with Crippen LogP contribution in [0.1, 0.15) is 0 Å². The van der Waals surface area contributed by atoms with E-state index < -0.39 is 11.1 Å². The first-order chi connectivity index (χ1) is 11.5.